The molecular formula is C16H19N3O2. The van der Waals surface area contributed by atoms with Crippen LogP contribution in [0.1, 0.15) is 31.7 Å². The third kappa shape index (κ3) is 3.56. The lowest BCUT2D eigenvalue weighted by atomic mass is 9.95. The average Bonchev–Trinajstić information content (AvgIpc) is 2.49. The maximum absolute atomic E-state index is 11.4. The summed E-state index contributed by atoms with van der Waals surface area (Å²) >= 11 is 0. The van der Waals surface area contributed by atoms with Crippen molar-refractivity contribution in [2.45, 2.75) is 26.2 Å². The molecule has 0 aliphatic carbocycles. The van der Waals surface area contributed by atoms with Crippen LogP contribution >= 0.6 is 0 Å². The van der Waals surface area contributed by atoms with Crippen molar-refractivity contribution < 1.29 is 9.53 Å². The van der Waals surface area contributed by atoms with Crippen LogP contribution in [0.4, 0.5) is 0 Å². The van der Waals surface area contributed by atoms with Crippen LogP contribution in [0.25, 0.3) is 11.3 Å². The molecule has 5 heteroatoms. The van der Waals surface area contributed by atoms with Crippen LogP contribution in [-0.2, 0) is 4.79 Å². The van der Waals surface area contributed by atoms with Crippen LogP contribution in [0, 0.1) is 0 Å². The summed E-state index contributed by atoms with van der Waals surface area (Å²) in [6, 6.07) is 7.65. The van der Waals surface area contributed by atoms with Crippen molar-refractivity contribution in [1.29, 1.82) is 0 Å². The van der Waals surface area contributed by atoms with Gasteiger partial charge in [0, 0.05) is 5.56 Å². The zero-order valence-corrected chi connectivity index (χ0v) is 12.2. The molecule has 1 atom stereocenters. The molecule has 0 radical (unpaired) electrons. The highest BCUT2D eigenvalue weighted by Crippen LogP contribution is 2.24. The number of nitrogens with zero attached hydrogens (tertiary/aromatic N) is 2. The fraction of sp³-hybridized carbons (Fsp3) is 0.312. The lowest BCUT2D eigenvalue weighted by molar-refractivity contribution is -0.119. The van der Waals surface area contributed by atoms with E-state index < -0.39 is 0 Å². The first-order chi connectivity index (χ1) is 10.2. The second-order valence-corrected chi connectivity index (χ2v) is 4.66. The molecule has 0 fully saturated rings. The molecule has 1 unspecified atom stereocenters. The summed E-state index contributed by atoms with van der Waals surface area (Å²) < 4.78 is 5.34. The van der Waals surface area contributed by atoms with Gasteiger partial charge in [0.15, 0.2) is 0 Å². The second kappa shape index (κ2) is 6.83. The molecular weight excluding hydrogens is 266 g/mol. The van der Waals surface area contributed by atoms with Gasteiger partial charge in [-0.3, -0.25) is 9.78 Å². The van der Waals surface area contributed by atoms with Crippen molar-refractivity contribution in [1.82, 2.24) is 9.97 Å². The van der Waals surface area contributed by atoms with Gasteiger partial charge in [0.1, 0.15) is 0 Å². The maximum atomic E-state index is 11.4. The van der Waals surface area contributed by atoms with Crippen LogP contribution in [-0.4, -0.2) is 22.5 Å². The number of primary amides is 1. The monoisotopic (exact) mass is 285 g/mol. The van der Waals surface area contributed by atoms with Crippen molar-refractivity contribution >= 4 is 5.91 Å². The van der Waals surface area contributed by atoms with Gasteiger partial charge < -0.3 is 10.5 Å². The van der Waals surface area contributed by atoms with Gasteiger partial charge in [-0.2, -0.15) is 0 Å². The minimum atomic E-state index is -0.302. The summed E-state index contributed by atoms with van der Waals surface area (Å²) in [4.78, 5) is 19.9. The van der Waals surface area contributed by atoms with E-state index >= 15 is 0 Å². The van der Waals surface area contributed by atoms with Crippen molar-refractivity contribution in [3.05, 3.63) is 42.2 Å². The molecule has 0 bridgehead atoms. The standard InChI is InChI=1S/C16H19N3O2/c1-3-13(16(17)20)11-5-7-12(8-6-11)14-9-18-10-15(19-14)21-4-2/h5-10,13H,3-4H2,1-2H3,(H2,17,20). The molecule has 110 valence electrons. The number of hydrogen-bond acceptors (Lipinski definition) is 4. The molecule has 0 spiro atoms. The molecule has 1 heterocycles. The smallest absolute Gasteiger partial charge is 0.232 e. The number of carbonyl (C=O) groups excluding carboxylic acids is 1. The van der Waals surface area contributed by atoms with E-state index in [0.717, 1.165) is 16.8 Å². The van der Waals surface area contributed by atoms with Crippen LogP contribution in [0.15, 0.2) is 36.7 Å². The molecule has 2 aromatic rings. The molecule has 2 rings (SSSR count). The summed E-state index contributed by atoms with van der Waals surface area (Å²) in [5.74, 6) is -0.0501. The molecule has 1 aromatic carbocycles. The van der Waals surface area contributed by atoms with E-state index in [1.54, 1.807) is 12.4 Å². The van der Waals surface area contributed by atoms with Crippen molar-refractivity contribution in [2.75, 3.05) is 6.61 Å². The van der Waals surface area contributed by atoms with Crippen LogP contribution < -0.4 is 10.5 Å². The Morgan fingerprint density at radius 3 is 2.52 bits per heavy atom. The highest BCUT2D eigenvalue weighted by atomic mass is 16.5. The molecule has 21 heavy (non-hydrogen) atoms. The topological polar surface area (TPSA) is 78.1 Å². The minimum Gasteiger partial charge on any atom is -0.477 e. The van der Waals surface area contributed by atoms with Crippen molar-refractivity contribution in [3.63, 3.8) is 0 Å². The third-order valence-corrected chi connectivity index (χ3v) is 3.27. The van der Waals surface area contributed by atoms with Gasteiger partial charge in [0.05, 0.1) is 30.6 Å². The predicted octanol–water partition coefficient (Wildman–Crippen LogP) is 2.52. The summed E-state index contributed by atoms with van der Waals surface area (Å²) in [5, 5.41) is 0. The average molecular weight is 285 g/mol. The maximum Gasteiger partial charge on any atom is 0.232 e. The Morgan fingerprint density at radius 1 is 1.24 bits per heavy atom. The lowest BCUT2D eigenvalue weighted by Gasteiger charge is -2.11. The van der Waals surface area contributed by atoms with Gasteiger partial charge in [-0.05, 0) is 18.9 Å². The summed E-state index contributed by atoms with van der Waals surface area (Å²) in [7, 11) is 0. The number of hydrogen-bond donors (Lipinski definition) is 1. The fourth-order valence-corrected chi connectivity index (χ4v) is 2.19. The first kappa shape index (κ1) is 15.0. The highest BCUT2D eigenvalue weighted by Gasteiger charge is 2.15. The number of amides is 1. The summed E-state index contributed by atoms with van der Waals surface area (Å²) in [5.41, 5.74) is 7.98. The number of nitrogens with two attached hydrogens (primary N) is 1. The number of benzene rings is 1. The van der Waals surface area contributed by atoms with Gasteiger partial charge in [-0.15, -0.1) is 0 Å². The first-order valence-corrected chi connectivity index (χ1v) is 7.00. The Morgan fingerprint density at radius 2 is 1.95 bits per heavy atom. The second-order valence-electron chi connectivity index (χ2n) is 4.66. The molecule has 2 N–H and O–H groups in total. The molecule has 1 amide bonds. The molecule has 0 aliphatic rings. The van der Waals surface area contributed by atoms with E-state index in [2.05, 4.69) is 9.97 Å². The molecule has 0 saturated heterocycles. The van der Waals surface area contributed by atoms with Crippen molar-refractivity contribution in [2.24, 2.45) is 5.73 Å². The van der Waals surface area contributed by atoms with Gasteiger partial charge in [-0.1, -0.05) is 31.2 Å². The Labute approximate surface area is 124 Å². The van der Waals surface area contributed by atoms with Crippen molar-refractivity contribution in [3.8, 4) is 17.1 Å². The van der Waals surface area contributed by atoms with Gasteiger partial charge in [0.2, 0.25) is 11.8 Å². The van der Waals surface area contributed by atoms with Gasteiger partial charge >= 0.3 is 0 Å². The number of rotatable bonds is 6. The minimum absolute atomic E-state index is 0.250. The van der Waals surface area contributed by atoms with E-state index in [9.17, 15) is 4.79 Å². The largest absolute Gasteiger partial charge is 0.477 e. The lowest BCUT2D eigenvalue weighted by Crippen LogP contribution is -2.20. The summed E-state index contributed by atoms with van der Waals surface area (Å²) in [6.45, 7) is 4.39. The predicted molar refractivity (Wildman–Crippen MR) is 80.9 cm³/mol. The van der Waals surface area contributed by atoms with Gasteiger partial charge in [0.25, 0.3) is 0 Å². The summed E-state index contributed by atoms with van der Waals surface area (Å²) in [6.07, 6.45) is 3.96. The number of carbonyl (C=O) groups is 1. The van der Waals surface area contributed by atoms with E-state index in [1.807, 2.05) is 38.1 Å². The molecule has 1 aromatic heterocycles. The Hall–Kier alpha value is -2.43. The van der Waals surface area contributed by atoms with Crippen LogP contribution in [0.5, 0.6) is 5.88 Å². The number of aromatic nitrogens is 2. The van der Waals surface area contributed by atoms with E-state index in [1.165, 1.54) is 0 Å². The van der Waals surface area contributed by atoms with Crippen LogP contribution in [0.2, 0.25) is 0 Å². The Bertz CT molecular complexity index is 611. The van der Waals surface area contributed by atoms with E-state index in [-0.39, 0.29) is 11.8 Å². The molecule has 0 saturated carbocycles. The SMILES string of the molecule is CCOc1cncc(-c2ccc(C(CC)C(N)=O)cc2)n1. The number of ether oxygens (including phenoxy) is 1. The van der Waals surface area contributed by atoms with Gasteiger partial charge in [-0.25, -0.2) is 4.98 Å². The van der Waals surface area contributed by atoms with E-state index in [4.69, 9.17) is 10.5 Å². The quantitative estimate of drug-likeness (QED) is 0.884. The highest BCUT2D eigenvalue weighted by molar-refractivity contribution is 5.82. The normalized spacial score (nSPS) is 11.9. The fourth-order valence-electron chi connectivity index (χ4n) is 2.19. The molecule has 5 nitrogen and oxygen atoms in total. The Balaban J connectivity index is 2.26. The zero-order valence-electron chi connectivity index (χ0n) is 12.2. The molecule has 0 aliphatic heterocycles. The Kier molecular flexibility index (Phi) is 4.87. The third-order valence-electron chi connectivity index (χ3n) is 3.27. The van der Waals surface area contributed by atoms with E-state index in [0.29, 0.717) is 18.9 Å². The van der Waals surface area contributed by atoms with Crippen LogP contribution in [0.3, 0.4) is 0 Å². The zero-order chi connectivity index (χ0) is 15.2. The first-order valence-electron chi connectivity index (χ1n) is 7.00.